The first-order chi connectivity index (χ1) is 9.11. The van der Waals surface area contributed by atoms with Crippen LogP contribution in [0.3, 0.4) is 0 Å². The summed E-state index contributed by atoms with van der Waals surface area (Å²) in [6, 6.07) is 1.44. The van der Waals surface area contributed by atoms with Crippen LogP contribution in [0.4, 0.5) is 0 Å². The molecule has 0 N–H and O–H groups in total. The van der Waals surface area contributed by atoms with Crippen molar-refractivity contribution in [3.8, 4) is 0 Å². The molecule has 0 aromatic carbocycles. The molecular formula is C12H13Cl2N3O2. The lowest BCUT2D eigenvalue weighted by molar-refractivity contribution is 0.0764. The molecule has 0 saturated carbocycles. The molecule has 102 valence electrons. The molecular weight excluding hydrogens is 289 g/mol. The number of methoxy groups -OCH3 is 1. The topological polar surface area (TPSA) is 55.3 Å². The third-order valence-corrected chi connectivity index (χ3v) is 3.33. The van der Waals surface area contributed by atoms with Gasteiger partial charge in [0.05, 0.1) is 12.2 Å². The SMILES string of the molecule is COCC1=CCN(C(=O)c2cc(Cl)nnc2Cl)CC1. The lowest BCUT2D eigenvalue weighted by Crippen LogP contribution is -2.35. The Labute approximate surface area is 121 Å². The third kappa shape index (κ3) is 3.43. The second-order valence-electron chi connectivity index (χ2n) is 4.17. The Morgan fingerprint density at radius 1 is 1.47 bits per heavy atom. The van der Waals surface area contributed by atoms with Crippen molar-refractivity contribution in [3.63, 3.8) is 0 Å². The van der Waals surface area contributed by atoms with E-state index >= 15 is 0 Å². The number of aromatic nitrogens is 2. The summed E-state index contributed by atoms with van der Waals surface area (Å²) in [6.45, 7) is 1.77. The van der Waals surface area contributed by atoms with Crippen LogP contribution in [0.2, 0.25) is 10.3 Å². The molecule has 0 atom stereocenters. The Kier molecular flexibility index (Phi) is 4.74. The number of rotatable bonds is 3. The summed E-state index contributed by atoms with van der Waals surface area (Å²) in [5.74, 6) is -0.186. The maximum absolute atomic E-state index is 12.3. The smallest absolute Gasteiger partial charge is 0.257 e. The number of nitrogens with zero attached hydrogens (tertiary/aromatic N) is 3. The number of carbonyl (C=O) groups excluding carboxylic acids is 1. The average Bonchev–Trinajstić information content (AvgIpc) is 2.42. The molecule has 7 heteroatoms. The maximum atomic E-state index is 12.3. The molecule has 1 amide bonds. The molecule has 2 rings (SSSR count). The zero-order valence-electron chi connectivity index (χ0n) is 10.4. The highest BCUT2D eigenvalue weighted by molar-refractivity contribution is 6.34. The molecule has 0 aliphatic carbocycles. The number of hydrogen-bond acceptors (Lipinski definition) is 4. The van der Waals surface area contributed by atoms with E-state index in [1.807, 2.05) is 6.08 Å². The van der Waals surface area contributed by atoms with Gasteiger partial charge in [-0.2, -0.15) is 0 Å². The van der Waals surface area contributed by atoms with Gasteiger partial charge in [-0.05, 0) is 18.1 Å². The monoisotopic (exact) mass is 301 g/mol. The molecule has 1 aliphatic heterocycles. The van der Waals surface area contributed by atoms with Gasteiger partial charge < -0.3 is 9.64 Å². The first-order valence-corrected chi connectivity index (χ1v) is 6.52. The largest absolute Gasteiger partial charge is 0.380 e. The van der Waals surface area contributed by atoms with Gasteiger partial charge in [-0.25, -0.2) is 0 Å². The highest BCUT2D eigenvalue weighted by atomic mass is 35.5. The van der Waals surface area contributed by atoms with Crippen LogP contribution in [0, 0.1) is 0 Å². The lowest BCUT2D eigenvalue weighted by Gasteiger charge is -2.26. The summed E-state index contributed by atoms with van der Waals surface area (Å²) < 4.78 is 5.07. The van der Waals surface area contributed by atoms with E-state index in [0.29, 0.717) is 19.7 Å². The van der Waals surface area contributed by atoms with Crippen LogP contribution < -0.4 is 0 Å². The second kappa shape index (κ2) is 6.32. The molecule has 0 bridgehead atoms. The average molecular weight is 302 g/mol. The van der Waals surface area contributed by atoms with Gasteiger partial charge >= 0.3 is 0 Å². The van der Waals surface area contributed by atoms with Crippen molar-refractivity contribution < 1.29 is 9.53 Å². The predicted octanol–water partition coefficient (Wildman–Crippen LogP) is 2.20. The standard InChI is InChI=1S/C12H13Cl2N3O2/c1-19-7-8-2-4-17(5-3-8)12(18)9-6-10(13)15-16-11(9)14/h2,6H,3-5,7H2,1H3. The Morgan fingerprint density at radius 2 is 2.26 bits per heavy atom. The molecule has 1 aromatic rings. The van der Waals surface area contributed by atoms with Gasteiger partial charge in [0.25, 0.3) is 5.91 Å². The van der Waals surface area contributed by atoms with Crippen LogP contribution in [0.15, 0.2) is 17.7 Å². The minimum atomic E-state index is -0.186. The number of halogens is 2. The van der Waals surface area contributed by atoms with Crippen molar-refractivity contribution in [2.45, 2.75) is 6.42 Å². The molecule has 2 heterocycles. The van der Waals surface area contributed by atoms with Crippen LogP contribution >= 0.6 is 23.2 Å². The summed E-state index contributed by atoms with van der Waals surface area (Å²) >= 11 is 11.6. The molecule has 0 unspecified atom stereocenters. The van der Waals surface area contributed by atoms with Crippen molar-refractivity contribution in [3.05, 3.63) is 33.6 Å². The third-order valence-electron chi connectivity index (χ3n) is 2.87. The molecule has 0 spiro atoms. The fourth-order valence-electron chi connectivity index (χ4n) is 1.89. The zero-order chi connectivity index (χ0) is 13.8. The molecule has 0 radical (unpaired) electrons. The summed E-state index contributed by atoms with van der Waals surface area (Å²) in [7, 11) is 1.66. The van der Waals surface area contributed by atoms with Crippen molar-refractivity contribution in [2.24, 2.45) is 0 Å². The van der Waals surface area contributed by atoms with Crippen molar-refractivity contribution in [1.82, 2.24) is 15.1 Å². The fourth-order valence-corrected chi connectivity index (χ4v) is 2.21. The fraction of sp³-hybridized carbons (Fsp3) is 0.417. The highest BCUT2D eigenvalue weighted by Gasteiger charge is 2.22. The minimum absolute atomic E-state index is 0.0704. The first kappa shape index (κ1) is 14.2. The molecule has 1 aliphatic rings. The summed E-state index contributed by atoms with van der Waals surface area (Å²) in [5.41, 5.74) is 1.48. The van der Waals surface area contributed by atoms with Gasteiger partial charge in [0.1, 0.15) is 0 Å². The normalized spacial score (nSPS) is 15.3. The van der Waals surface area contributed by atoms with E-state index < -0.39 is 0 Å². The van der Waals surface area contributed by atoms with Gasteiger partial charge in [0.2, 0.25) is 0 Å². The molecule has 19 heavy (non-hydrogen) atoms. The number of carbonyl (C=O) groups is 1. The second-order valence-corrected chi connectivity index (χ2v) is 4.91. The number of ether oxygens (including phenoxy) is 1. The molecule has 0 saturated heterocycles. The van der Waals surface area contributed by atoms with Crippen LogP contribution in [-0.2, 0) is 4.74 Å². The van der Waals surface area contributed by atoms with E-state index in [9.17, 15) is 4.79 Å². The Hall–Kier alpha value is -1.17. The van der Waals surface area contributed by atoms with Crippen LogP contribution in [-0.4, -0.2) is 47.8 Å². The molecule has 0 fully saturated rings. The predicted molar refractivity (Wildman–Crippen MR) is 72.5 cm³/mol. The van der Waals surface area contributed by atoms with E-state index in [1.54, 1.807) is 12.0 Å². The van der Waals surface area contributed by atoms with Crippen LogP contribution in [0.5, 0.6) is 0 Å². The van der Waals surface area contributed by atoms with E-state index in [-0.39, 0.29) is 21.8 Å². The van der Waals surface area contributed by atoms with Gasteiger partial charge in [0.15, 0.2) is 10.3 Å². The number of hydrogen-bond donors (Lipinski definition) is 0. The number of amides is 1. The van der Waals surface area contributed by atoms with Gasteiger partial charge in [-0.15, -0.1) is 10.2 Å². The lowest BCUT2D eigenvalue weighted by atomic mass is 10.1. The quantitative estimate of drug-likeness (QED) is 0.803. The van der Waals surface area contributed by atoms with Gasteiger partial charge in [-0.1, -0.05) is 29.3 Å². The summed E-state index contributed by atoms with van der Waals surface area (Å²) in [5, 5.41) is 7.45. The highest BCUT2D eigenvalue weighted by Crippen LogP contribution is 2.20. The first-order valence-electron chi connectivity index (χ1n) is 5.76. The zero-order valence-corrected chi connectivity index (χ0v) is 11.9. The summed E-state index contributed by atoms with van der Waals surface area (Å²) in [6.07, 6.45) is 2.79. The van der Waals surface area contributed by atoms with E-state index in [0.717, 1.165) is 6.42 Å². The maximum Gasteiger partial charge on any atom is 0.257 e. The van der Waals surface area contributed by atoms with Crippen molar-refractivity contribution >= 4 is 29.1 Å². The van der Waals surface area contributed by atoms with E-state index in [2.05, 4.69) is 10.2 Å². The molecule has 1 aromatic heterocycles. The van der Waals surface area contributed by atoms with Crippen LogP contribution in [0.25, 0.3) is 0 Å². The summed E-state index contributed by atoms with van der Waals surface area (Å²) in [4.78, 5) is 14.0. The Morgan fingerprint density at radius 3 is 2.89 bits per heavy atom. The molecule has 5 nitrogen and oxygen atoms in total. The van der Waals surface area contributed by atoms with E-state index in [4.69, 9.17) is 27.9 Å². The van der Waals surface area contributed by atoms with Gasteiger partial charge in [-0.3, -0.25) is 4.79 Å². The Bertz CT molecular complexity index is 520. The minimum Gasteiger partial charge on any atom is -0.380 e. The van der Waals surface area contributed by atoms with Crippen LogP contribution in [0.1, 0.15) is 16.8 Å². The van der Waals surface area contributed by atoms with E-state index in [1.165, 1.54) is 11.6 Å². The van der Waals surface area contributed by atoms with Crippen molar-refractivity contribution in [2.75, 3.05) is 26.8 Å². The van der Waals surface area contributed by atoms with Gasteiger partial charge in [0, 0.05) is 20.2 Å². The van der Waals surface area contributed by atoms with Crippen molar-refractivity contribution in [1.29, 1.82) is 0 Å². The Balaban J connectivity index is 2.11.